The zero-order valence-electron chi connectivity index (χ0n) is 9.84. The lowest BCUT2D eigenvalue weighted by molar-refractivity contribution is -0.119. The van der Waals surface area contributed by atoms with Gasteiger partial charge in [0, 0.05) is 25.0 Å². The number of Topliss-reactive ketones (excluding diaryl/α,β-unsaturated/α-hetero) is 1. The van der Waals surface area contributed by atoms with Crippen LogP contribution >= 0.6 is 0 Å². The first-order chi connectivity index (χ1) is 8.15. The first-order valence-corrected chi connectivity index (χ1v) is 5.67. The Morgan fingerprint density at radius 1 is 1.24 bits per heavy atom. The molecule has 0 aliphatic rings. The van der Waals surface area contributed by atoms with Gasteiger partial charge >= 0.3 is 0 Å². The molecule has 17 heavy (non-hydrogen) atoms. The standard InChI is InChI=1S/C13H16F2O2/c1-2-7-17-8-6-10(16)9-11-12(14)4-3-5-13(11)15/h3-5H,2,6-9H2,1H3. The van der Waals surface area contributed by atoms with Crippen LogP contribution in [0.2, 0.25) is 0 Å². The second-order valence-corrected chi connectivity index (χ2v) is 3.78. The summed E-state index contributed by atoms with van der Waals surface area (Å²) in [7, 11) is 0. The molecule has 0 heterocycles. The molecular formula is C13H16F2O2. The number of hydrogen-bond donors (Lipinski definition) is 0. The van der Waals surface area contributed by atoms with Crippen LogP contribution in [-0.4, -0.2) is 19.0 Å². The van der Waals surface area contributed by atoms with E-state index in [2.05, 4.69) is 0 Å². The van der Waals surface area contributed by atoms with Crippen molar-refractivity contribution in [3.05, 3.63) is 35.4 Å². The summed E-state index contributed by atoms with van der Waals surface area (Å²) in [5, 5.41) is 0. The zero-order chi connectivity index (χ0) is 12.7. The van der Waals surface area contributed by atoms with Crippen LogP contribution in [0.5, 0.6) is 0 Å². The lowest BCUT2D eigenvalue weighted by Gasteiger charge is -2.05. The lowest BCUT2D eigenvalue weighted by Crippen LogP contribution is -2.10. The van der Waals surface area contributed by atoms with Crippen molar-refractivity contribution in [2.75, 3.05) is 13.2 Å². The van der Waals surface area contributed by atoms with Gasteiger partial charge in [-0.2, -0.15) is 0 Å². The third-order valence-electron chi connectivity index (χ3n) is 2.31. The molecule has 0 amide bonds. The van der Waals surface area contributed by atoms with Gasteiger partial charge in [0.1, 0.15) is 17.4 Å². The summed E-state index contributed by atoms with van der Waals surface area (Å²) in [6.45, 7) is 2.88. The molecular weight excluding hydrogens is 226 g/mol. The molecule has 0 spiro atoms. The maximum absolute atomic E-state index is 13.2. The van der Waals surface area contributed by atoms with Crippen molar-refractivity contribution < 1.29 is 18.3 Å². The van der Waals surface area contributed by atoms with Gasteiger partial charge in [0.2, 0.25) is 0 Å². The van der Waals surface area contributed by atoms with Gasteiger partial charge in [-0.25, -0.2) is 8.78 Å². The van der Waals surface area contributed by atoms with Crippen LogP contribution in [0.3, 0.4) is 0 Å². The molecule has 4 heteroatoms. The second-order valence-electron chi connectivity index (χ2n) is 3.78. The van der Waals surface area contributed by atoms with Crippen molar-refractivity contribution >= 4 is 5.78 Å². The number of rotatable bonds is 7. The average molecular weight is 242 g/mol. The number of carbonyl (C=O) groups excluding carboxylic acids is 1. The summed E-state index contributed by atoms with van der Waals surface area (Å²) in [5.74, 6) is -1.56. The van der Waals surface area contributed by atoms with Gasteiger partial charge in [-0.1, -0.05) is 13.0 Å². The Balaban J connectivity index is 2.45. The Labute approximate surface area is 99.6 Å². The van der Waals surface area contributed by atoms with Gasteiger partial charge in [0.25, 0.3) is 0 Å². The minimum atomic E-state index is -0.673. The molecule has 1 rings (SSSR count). The van der Waals surface area contributed by atoms with Crippen molar-refractivity contribution in [2.24, 2.45) is 0 Å². The average Bonchev–Trinajstić information content (AvgIpc) is 2.30. The Bertz CT molecular complexity index is 357. The van der Waals surface area contributed by atoms with E-state index >= 15 is 0 Å². The number of halogens is 2. The highest BCUT2D eigenvalue weighted by atomic mass is 19.1. The molecule has 0 aromatic heterocycles. The van der Waals surface area contributed by atoms with E-state index < -0.39 is 11.6 Å². The molecule has 0 aliphatic heterocycles. The van der Waals surface area contributed by atoms with Crippen molar-refractivity contribution in [1.29, 1.82) is 0 Å². The predicted molar refractivity (Wildman–Crippen MR) is 60.8 cm³/mol. The minimum absolute atomic E-state index is 0.159. The van der Waals surface area contributed by atoms with Crippen LogP contribution in [0.1, 0.15) is 25.3 Å². The van der Waals surface area contributed by atoms with Crippen LogP contribution in [0.4, 0.5) is 8.78 Å². The third-order valence-corrected chi connectivity index (χ3v) is 2.31. The van der Waals surface area contributed by atoms with Crippen molar-refractivity contribution in [3.8, 4) is 0 Å². The molecule has 1 aromatic carbocycles. The number of ether oxygens (including phenoxy) is 1. The minimum Gasteiger partial charge on any atom is -0.381 e. The molecule has 94 valence electrons. The Hall–Kier alpha value is -1.29. The largest absolute Gasteiger partial charge is 0.381 e. The molecule has 0 N–H and O–H groups in total. The molecule has 0 aliphatic carbocycles. The van der Waals surface area contributed by atoms with Gasteiger partial charge in [0.15, 0.2) is 0 Å². The molecule has 0 saturated heterocycles. The SMILES string of the molecule is CCCOCCC(=O)Cc1c(F)cccc1F. The number of ketones is 1. The lowest BCUT2D eigenvalue weighted by atomic mass is 10.1. The van der Waals surface area contributed by atoms with Gasteiger partial charge in [-0.15, -0.1) is 0 Å². The van der Waals surface area contributed by atoms with E-state index in [9.17, 15) is 13.6 Å². The van der Waals surface area contributed by atoms with E-state index in [1.165, 1.54) is 6.07 Å². The van der Waals surface area contributed by atoms with Crippen LogP contribution in [0, 0.1) is 11.6 Å². The smallest absolute Gasteiger partial charge is 0.139 e. The Morgan fingerprint density at radius 3 is 2.47 bits per heavy atom. The quantitative estimate of drug-likeness (QED) is 0.687. The summed E-state index contributed by atoms with van der Waals surface area (Å²) in [6, 6.07) is 3.58. The van der Waals surface area contributed by atoms with Crippen molar-refractivity contribution in [2.45, 2.75) is 26.2 Å². The molecule has 0 bridgehead atoms. The Morgan fingerprint density at radius 2 is 1.88 bits per heavy atom. The van der Waals surface area contributed by atoms with Crippen LogP contribution < -0.4 is 0 Å². The topological polar surface area (TPSA) is 26.3 Å². The second kappa shape index (κ2) is 7.12. The highest BCUT2D eigenvalue weighted by Crippen LogP contribution is 2.13. The first-order valence-electron chi connectivity index (χ1n) is 5.67. The normalized spacial score (nSPS) is 10.5. The highest BCUT2D eigenvalue weighted by Gasteiger charge is 2.12. The summed E-state index contributed by atoms with van der Waals surface area (Å²) in [4.78, 5) is 11.5. The molecule has 0 saturated carbocycles. The number of hydrogen-bond acceptors (Lipinski definition) is 2. The molecule has 2 nitrogen and oxygen atoms in total. The summed E-state index contributed by atoms with van der Waals surface area (Å²) in [5.41, 5.74) is -0.159. The van der Waals surface area contributed by atoms with Crippen molar-refractivity contribution in [1.82, 2.24) is 0 Å². The van der Waals surface area contributed by atoms with E-state index in [0.29, 0.717) is 13.2 Å². The maximum Gasteiger partial charge on any atom is 0.139 e. The van der Waals surface area contributed by atoms with E-state index in [0.717, 1.165) is 18.6 Å². The van der Waals surface area contributed by atoms with Gasteiger partial charge in [-0.05, 0) is 18.6 Å². The van der Waals surface area contributed by atoms with E-state index in [4.69, 9.17) is 4.74 Å². The van der Waals surface area contributed by atoms with Crippen LogP contribution in [0.25, 0.3) is 0 Å². The number of carbonyl (C=O) groups is 1. The van der Waals surface area contributed by atoms with Crippen LogP contribution in [-0.2, 0) is 16.0 Å². The highest BCUT2D eigenvalue weighted by molar-refractivity contribution is 5.81. The monoisotopic (exact) mass is 242 g/mol. The Kier molecular flexibility index (Phi) is 5.77. The summed E-state index contributed by atoms with van der Waals surface area (Å²) < 4.78 is 31.6. The molecule has 0 atom stereocenters. The molecule has 1 aromatic rings. The molecule has 0 radical (unpaired) electrons. The predicted octanol–water partition coefficient (Wildman–Crippen LogP) is 2.89. The first kappa shape index (κ1) is 13.8. The van der Waals surface area contributed by atoms with Gasteiger partial charge < -0.3 is 4.74 Å². The summed E-state index contributed by atoms with van der Waals surface area (Å²) in [6.07, 6.45) is 0.859. The van der Waals surface area contributed by atoms with Gasteiger partial charge in [-0.3, -0.25) is 4.79 Å². The molecule has 0 fully saturated rings. The fourth-order valence-corrected chi connectivity index (χ4v) is 1.42. The number of benzene rings is 1. The maximum atomic E-state index is 13.2. The fraction of sp³-hybridized carbons (Fsp3) is 0.462. The van der Waals surface area contributed by atoms with E-state index in [1.54, 1.807) is 0 Å². The van der Waals surface area contributed by atoms with Crippen LogP contribution in [0.15, 0.2) is 18.2 Å². The molecule has 0 unspecified atom stereocenters. The zero-order valence-corrected chi connectivity index (χ0v) is 9.84. The van der Waals surface area contributed by atoms with Gasteiger partial charge in [0.05, 0.1) is 6.61 Å². The fourth-order valence-electron chi connectivity index (χ4n) is 1.42. The van der Waals surface area contributed by atoms with E-state index in [-0.39, 0.29) is 24.2 Å². The third kappa shape index (κ3) is 4.61. The van der Waals surface area contributed by atoms with Crippen molar-refractivity contribution in [3.63, 3.8) is 0 Å². The van der Waals surface area contributed by atoms with E-state index in [1.807, 2.05) is 6.92 Å². The summed E-state index contributed by atoms with van der Waals surface area (Å²) >= 11 is 0.